The molecule has 0 bridgehead atoms. The molecule has 0 saturated carbocycles. The van der Waals surface area contributed by atoms with E-state index in [-0.39, 0.29) is 18.5 Å². The van der Waals surface area contributed by atoms with E-state index >= 15 is 0 Å². The summed E-state index contributed by atoms with van der Waals surface area (Å²) in [5.41, 5.74) is 8.30. The molecular weight excluding hydrogens is 458 g/mol. The molecule has 1 fully saturated rings. The number of carbonyl (C=O) groups is 1. The Labute approximate surface area is 204 Å². The molecule has 5 aromatic rings. The number of piperidine rings is 1. The molecule has 1 aromatic carbocycles. The monoisotopic (exact) mass is 481 g/mol. The van der Waals surface area contributed by atoms with Crippen molar-refractivity contribution in [2.75, 3.05) is 19.6 Å². The molecule has 0 atom stereocenters. The summed E-state index contributed by atoms with van der Waals surface area (Å²) in [6.45, 7) is 1.42. The van der Waals surface area contributed by atoms with Crippen LogP contribution >= 0.6 is 0 Å². The van der Waals surface area contributed by atoms with E-state index < -0.39 is 11.2 Å². The number of pyridine rings is 3. The number of amides is 1. The third-order valence-corrected chi connectivity index (χ3v) is 6.80. The van der Waals surface area contributed by atoms with Crippen LogP contribution in [-0.4, -0.2) is 54.9 Å². The van der Waals surface area contributed by atoms with Gasteiger partial charge in [0.15, 0.2) is 0 Å². The van der Waals surface area contributed by atoms with Gasteiger partial charge in [-0.05, 0) is 37.1 Å². The minimum absolute atomic E-state index is 0.167. The molecule has 1 aliphatic rings. The molecule has 0 unspecified atom stereocenters. The van der Waals surface area contributed by atoms with Gasteiger partial charge in [0.25, 0.3) is 5.56 Å². The standard InChI is InChI=1S/C26H23N7O3/c27-22(34)14-32-9-7-17(8-10-32)33-24-18(25(35)31-26(33)36)13-29-21-6-5-20(30-23(21)24)16-11-15-3-1-2-4-19(15)28-12-16/h1-6,11-13,17H,7-10,14H2,(H2,27,34)(H,31,35,36). The number of fused-ring (bicyclic) bond motifs is 4. The Kier molecular flexibility index (Phi) is 5.30. The van der Waals surface area contributed by atoms with Crippen LogP contribution in [0.4, 0.5) is 0 Å². The maximum atomic E-state index is 13.1. The highest BCUT2D eigenvalue weighted by molar-refractivity contribution is 6.01. The van der Waals surface area contributed by atoms with Crippen molar-refractivity contribution in [2.24, 2.45) is 5.73 Å². The summed E-state index contributed by atoms with van der Waals surface area (Å²) in [5.74, 6) is -0.378. The normalized spacial score (nSPS) is 15.1. The average Bonchev–Trinajstić information content (AvgIpc) is 2.88. The highest BCUT2D eigenvalue weighted by atomic mass is 16.2. The van der Waals surface area contributed by atoms with Crippen LogP contribution in [0.15, 0.2) is 64.4 Å². The second kappa shape index (κ2) is 8.65. The molecule has 180 valence electrons. The number of carbonyl (C=O) groups excluding carboxylic acids is 1. The van der Waals surface area contributed by atoms with E-state index in [0.29, 0.717) is 53.6 Å². The largest absolute Gasteiger partial charge is 0.369 e. The highest BCUT2D eigenvalue weighted by Gasteiger charge is 2.25. The zero-order chi connectivity index (χ0) is 24.8. The van der Waals surface area contributed by atoms with Crippen molar-refractivity contribution < 1.29 is 4.79 Å². The summed E-state index contributed by atoms with van der Waals surface area (Å²) in [6, 6.07) is 13.4. The number of aromatic amines is 1. The molecule has 5 heterocycles. The van der Waals surface area contributed by atoms with Crippen LogP contribution in [0.2, 0.25) is 0 Å². The summed E-state index contributed by atoms with van der Waals surface area (Å²) in [5, 5.41) is 1.30. The molecule has 6 rings (SSSR count). The fourth-order valence-electron chi connectivity index (χ4n) is 5.07. The van der Waals surface area contributed by atoms with Crippen molar-refractivity contribution in [3.05, 3.63) is 75.7 Å². The Bertz CT molecular complexity index is 1770. The van der Waals surface area contributed by atoms with Crippen LogP contribution in [0.5, 0.6) is 0 Å². The summed E-state index contributed by atoms with van der Waals surface area (Å²) in [6.07, 6.45) is 4.52. The quantitative estimate of drug-likeness (QED) is 0.374. The Morgan fingerprint density at radius 3 is 2.61 bits per heavy atom. The molecule has 0 radical (unpaired) electrons. The van der Waals surface area contributed by atoms with Gasteiger partial charge in [0.05, 0.1) is 34.2 Å². The SMILES string of the molecule is NC(=O)CN1CCC(n2c(=O)[nH]c(=O)c3cnc4ccc(-c5cnc6ccccc6c5)nc4c32)CC1. The molecule has 3 N–H and O–H groups in total. The van der Waals surface area contributed by atoms with Gasteiger partial charge in [0.1, 0.15) is 5.52 Å². The Morgan fingerprint density at radius 2 is 1.81 bits per heavy atom. The van der Waals surface area contributed by atoms with E-state index in [9.17, 15) is 14.4 Å². The molecule has 4 aromatic heterocycles. The van der Waals surface area contributed by atoms with Crippen LogP contribution < -0.4 is 17.0 Å². The van der Waals surface area contributed by atoms with Crippen molar-refractivity contribution in [1.82, 2.24) is 29.4 Å². The zero-order valence-corrected chi connectivity index (χ0v) is 19.3. The van der Waals surface area contributed by atoms with Gasteiger partial charge in [-0.1, -0.05) is 18.2 Å². The fourth-order valence-corrected chi connectivity index (χ4v) is 5.07. The van der Waals surface area contributed by atoms with Gasteiger partial charge in [-0.2, -0.15) is 0 Å². The smallest absolute Gasteiger partial charge is 0.329 e. The molecule has 1 saturated heterocycles. The van der Waals surface area contributed by atoms with Crippen molar-refractivity contribution in [1.29, 1.82) is 0 Å². The summed E-state index contributed by atoms with van der Waals surface area (Å²) in [7, 11) is 0. The lowest BCUT2D eigenvalue weighted by Crippen LogP contribution is -2.42. The van der Waals surface area contributed by atoms with Gasteiger partial charge in [0, 0.05) is 42.5 Å². The summed E-state index contributed by atoms with van der Waals surface area (Å²) >= 11 is 0. The van der Waals surface area contributed by atoms with Crippen LogP contribution in [0.3, 0.4) is 0 Å². The van der Waals surface area contributed by atoms with E-state index in [1.807, 2.05) is 47.4 Å². The van der Waals surface area contributed by atoms with E-state index in [1.54, 1.807) is 10.8 Å². The molecule has 0 spiro atoms. The second-order valence-electron chi connectivity index (χ2n) is 9.10. The van der Waals surface area contributed by atoms with Crippen molar-refractivity contribution in [3.8, 4) is 11.3 Å². The maximum absolute atomic E-state index is 13.1. The number of aromatic nitrogens is 5. The number of nitrogens with one attached hydrogen (secondary N) is 1. The number of nitrogens with two attached hydrogens (primary N) is 1. The fraction of sp³-hybridized carbons (Fsp3) is 0.231. The lowest BCUT2D eigenvalue weighted by molar-refractivity contribution is -0.119. The third kappa shape index (κ3) is 3.81. The number of para-hydroxylation sites is 1. The van der Waals surface area contributed by atoms with Gasteiger partial charge in [0.2, 0.25) is 5.91 Å². The number of benzene rings is 1. The average molecular weight is 482 g/mol. The Morgan fingerprint density at radius 1 is 1.03 bits per heavy atom. The summed E-state index contributed by atoms with van der Waals surface area (Å²) < 4.78 is 1.64. The topological polar surface area (TPSA) is 140 Å². The van der Waals surface area contributed by atoms with E-state index in [2.05, 4.69) is 15.0 Å². The van der Waals surface area contributed by atoms with Crippen LogP contribution in [0.25, 0.3) is 44.1 Å². The van der Waals surface area contributed by atoms with Crippen LogP contribution in [-0.2, 0) is 4.79 Å². The van der Waals surface area contributed by atoms with Gasteiger partial charge in [-0.15, -0.1) is 0 Å². The van der Waals surface area contributed by atoms with Gasteiger partial charge in [-0.3, -0.25) is 34.0 Å². The minimum atomic E-state index is -0.494. The van der Waals surface area contributed by atoms with Gasteiger partial charge < -0.3 is 5.73 Å². The number of likely N-dealkylation sites (tertiary alicyclic amines) is 1. The predicted molar refractivity (Wildman–Crippen MR) is 137 cm³/mol. The number of hydrogen-bond acceptors (Lipinski definition) is 7. The minimum Gasteiger partial charge on any atom is -0.369 e. The molecular formula is C26H23N7O3. The first-order valence-electron chi connectivity index (χ1n) is 11.8. The van der Waals surface area contributed by atoms with E-state index in [1.165, 1.54) is 6.20 Å². The first-order valence-corrected chi connectivity index (χ1v) is 11.8. The second-order valence-corrected chi connectivity index (χ2v) is 9.10. The third-order valence-electron chi connectivity index (χ3n) is 6.80. The molecule has 0 aliphatic carbocycles. The Balaban J connectivity index is 1.52. The molecule has 10 nitrogen and oxygen atoms in total. The lowest BCUT2D eigenvalue weighted by atomic mass is 10.0. The first-order chi connectivity index (χ1) is 17.5. The maximum Gasteiger partial charge on any atom is 0.329 e. The Hall–Kier alpha value is -4.44. The molecule has 1 amide bonds. The number of primary amides is 1. The number of rotatable bonds is 4. The van der Waals surface area contributed by atoms with Crippen molar-refractivity contribution in [3.63, 3.8) is 0 Å². The lowest BCUT2D eigenvalue weighted by Gasteiger charge is -2.32. The molecule has 10 heteroatoms. The predicted octanol–water partition coefficient (Wildman–Crippen LogP) is 1.97. The van der Waals surface area contributed by atoms with E-state index in [0.717, 1.165) is 16.5 Å². The van der Waals surface area contributed by atoms with Crippen LogP contribution in [0.1, 0.15) is 18.9 Å². The highest BCUT2D eigenvalue weighted by Crippen LogP contribution is 2.29. The number of hydrogen-bond donors (Lipinski definition) is 2. The van der Waals surface area contributed by atoms with Gasteiger partial charge in [-0.25, -0.2) is 9.78 Å². The van der Waals surface area contributed by atoms with Crippen molar-refractivity contribution in [2.45, 2.75) is 18.9 Å². The van der Waals surface area contributed by atoms with E-state index in [4.69, 9.17) is 10.7 Å². The van der Waals surface area contributed by atoms with Gasteiger partial charge >= 0.3 is 5.69 Å². The van der Waals surface area contributed by atoms with Crippen LogP contribution in [0, 0.1) is 0 Å². The molecule has 36 heavy (non-hydrogen) atoms. The zero-order valence-electron chi connectivity index (χ0n) is 19.3. The van der Waals surface area contributed by atoms with Crippen molar-refractivity contribution >= 4 is 38.7 Å². The molecule has 1 aliphatic heterocycles. The first kappa shape index (κ1) is 22.1. The summed E-state index contributed by atoms with van der Waals surface area (Å²) in [4.78, 5) is 55.5. The number of H-pyrrole nitrogens is 1. The number of nitrogens with zero attached hydrogens (tertiary/aromatic N) is 5.